The van der Waals surface area contributed by atoms with Crippen molar-refractivity contribution in [1.82, 2.24) is 20.0 Å². The predicted octanol–water partition coefficient (Wildman–Crippen LogP) is 2.73. The Bertz CT molecular complexity index is 909. The number of nitrogens with two attached hydrogens (primary N) is 1. The number of nitrogens with zero attached hydrogens (tertiary/aromatic N) is 4. The number of halogens is 1. The van der Waals surface area contributed by atoms with Gasteiger partial charge in [0.1, 0.15) is 5.76 Å². The largest absolute Gasteiger partial charge is 0.360 e. The summed E-state index contributed by atoms with van der Waals surface area (Å²) in [4.78, 5) is 12.2. The third-order valence-electron chi connectivity index (χ3n) is 3.31. The molecule has 130 valence electrons. The van der Waals surface area contributed by atoms with Gasteiger partial charge in [-0.3, -0.25) is 4.79 Å². The van der Waals surface area contributed by atoms with Gasteiger partial charge in [0, 0.05) is 11.6 Å². The zero-order valence-electron chi connectivity index (χ0n) is 13.4. The van der Waals surface area contributed by atoms with Crippen molar-refractivity contribution >= 4 is 35.1 Å². The number of hydrogen-bond acceptors (Lipinski definition) is 7. The lowest BCUT2D eigenvalue weighted by Gasteiger charge is -2.10. The zero-order chi connectivity index (χ0) is 18.0. The molecule has 1 atom stereocenters. The van der Waals surface area contributed by atoms with E-state index >= 15 is 0 Å². The Morgan fingerprint density at radius 1 is 1.40 bits per heavy atom. The van der Waals surface area contributed by atoms with E-state index in [-0.39, 0.29) is 5.91 Å². The minimum Gasteiger partial charge on any atom is -0.360 e. The first-order chi connectivity index (χ1) is 12.0. The monoisotopic (exact) mass is 378 g/mol. The first kappa shape index (κ1) is 17.3. The normalized spacial score (nSPS) is 12.1. The zero-order valence-corrected chi connectivity index (χ0v) is 15.0. The van der Waals surface area contributed by atoms with Gasteiger partial charge in [0.25, 0.3) is 0 Å². The molecular weight excluding hydrogens is 364 g/mol. The number of aryl methyl sites for hydroxylation is 1. The number of thioether (sulfide) groups is 1. The molecule has 0 aliphatic heterocycles. The molecule has 0 saturated carbocycles. The van der Waals surface area contributed by atoms with E-state index in [4.69, 9.17) is 22.0 Å². The number of amides is 1. The van der Waals surface area contributed by atoms with E-state index in [9.17, 15) is 4.79 Å². The van der Waals surface area contributed by atoms with Crippen molar-refractivity contribution in [2.24, 2.45) is 0 Å². The third kappa shape index (κ3) is 3.77. The van der Waals surface area contributed by atoms with Crippen molar-refractivity contribution in [3.63, 3.8) is 0 Å². The van der Waals surface area contributed by atoms with Crippen molar-refractivity contribution in [3.05, 3.63) is 41.1 Å². The highest BCUT2D eigenvalue weighted by molar-refractivity contribution is 8.00. The van der Waals surface area contributed by atoms with Crippen molar-refractivity contribution in [2.75, 3.05) is 11.2 Å². The van der Waals surface area contributed by atoms with Gasteiger partial charge in [-0.2, -0.15) is 0 Å². The van der Waals surface area contributed by atoms with Gasteiger partial charge in [0.05, 0.1) is 10.3 Å². The van der Waals surface area contributed by atoms with Crippen LogP contribution in [0.15, 0.2) is 40.0 Å². The van der Waals surface area contributed by atoms with Gasteiger partial charge in [-0.25, -0.2) is 4.68 Å². The van der Waals surface area contributed by atoms with Gasteiger partial charge < -0.3 is 15.7 Å². The van der Waals surface area contributed by atoms with E-state index in [1.54, 1.807) is 32.0 Å². The molecular formula is C15H15ClN6O2S. The molecule has 1 amide bonds. The topological polar surface area (TPSA) is 112 Å². The predicted molar refractivity (Wildman–Crippen MR) is 95.8 cm³/mol. The lowest BCUT2D eigenvalue weighted by Crippen LogP contribution is -2.23. The Labute approximate surface area is 152 Å². The van der Waals surface area contributed by atoms with Crippen LogP contribution in [0.4, 0.5) is 5.82 Å². The second-order valence-electron chi connectivity index (χ2n) is 5.23. The molecule has 1 aromatic carbocycles. The molecule has 0 aliphatic carbocycles. The number of carbonyl (C=O) groups is 1. The molecule has 0 radical (unpaired) electrons. The first-order valence-corrected chi connectivity index (χ1v) is 8.57. The number of benzene rings is 1. The molecule has 8 nitrogen and oxygen atoms in total. The number of rotatable bonds is 5. The average Bonchev–Trinajstić information content (AvgIpc) is 3.14. The van der Waals surface area contributed by atoms with Crippen molar-refractivity contribution in [2.45, 2.75) is 24.3 Å². The molecule has 10 heteroatoms. The fourth-order valence-electron chi connectivity index (χ4n) is 2.05. The molecule has 3 aromatic rings. The number of carbonyl (C=O) groups excluding carboxylic acids is 1. The Morgan fingerprint density at radius 2 is 2.16 bits per heavy atom. The van der Waals surface area contributed by atoms with E-state index < -0.39 is 5.25 Å². The Balaban J connectivity index is 1.73. The van der Waals surface area contributed by atoms with Crippen LogP contribution < -0.4 is 11.2 Å². The van der Waals surface area contributed by atoms with Crippen LogP contribution in [0, 0.1) is 6.92 Å². The average molecular weight is 379 g/mol. The smallest absolute Gasteiger partial charge is 0.238 e. The molecule has 0 spiro atoms. The van der Waals surface area contributed by atoms with Crippen LogP contribution in [0.3, 0.4) is 0 Å². The Kier molecular flexibility index (Phi) is 4.95. The van der Waals surface area contributed by atoms with Crippen LogP contribution in [-0.2, 0) is 4.79 Å². The van der Waals surface area contributed by atoms with E-state index in [0.29, 0.717) is 33.1 Å². The van der Waals surface area contributed by atoms with Gasteiger partial charge in [-0.1, -0.05) is 40.7 Å². The van der Waals surface area contributed by atoms with Gasteiger partial charge in [0.2, 0.25) is 11.1 Å². The summed E-state index contributed by atoms with van der Waals surface area (Å²) in [7, 11) is 0. The molecule has 3 rings (SSSR count). The summed E-state index contributed by atoms with van der Waals surface area (Å²) in [5, 5.41) is 15.0. The lowest BCUT2D eigenvalue weighted by atomic mass is 10.2. The summed E-state index contributed by atoms with van der Waals surface area (Å²) >= 11 is 7.34. The number of hydrogen-bond donors (Lipinski definition) is 2. The summed E-state index contributed by atoms with van der Waals surface area (Å²) in [5.41, 5.74) is 0.668. The number of nitrogens with one attached hydrogen (secondary N) is 1. The number of aromatic nitrogens is 4. The molecule has 3 N–H and O–H groups in total. The molecule has 2 heterocycles. The molecule has 25 heavy (non-hydrogen) atoms. The second kappa shape index (κ2) is 7.16. The van der Waals surface area contributed by atoms with Crippen LogP contribution in [0.2, 0.25) is 5.02 Å². The SMILES string of the molecule is Cc1cc(NC(=O)[C@H](C)Sc2nnc(-c3ccccc3Cl)n2N)no1. The van der Waals surface area contributed by atoms with Crippen LogP contribution >= 0.6 is 23.4 Å². The number of nitrogen functional groups attached to an aromatic ring is 1. The summed E-state index contributed by atoms with van der Waals surface area (Å²) in [6.45, 7) is 3.48. The summed E-state index contributed by atoms with van der Waals surface area (Å²) in [6.07, 6.45) is 0. The molecule has 0 saturated heterocycles. The second-order valence-corrected chi connectivity index (χ2v) is 6.94. The summed E-state index contributed by atoms with van der Waals surface area (Å²) in [5.74, 6) is 7.21. The fraction of sp³-hybridized carbons (Fsp3) is 0.200. The quantitative estimate of drug-likeness (QED) is 0.518. The summed E-state index contributed by atoms with van der Waals surface area (Å²) in [6, 6.07) is 8.83. The van der Waals surface area contributed by atoms with Gasteiger partial charge in [0.15, 0.2) is 11.6 Å². The van der Waals surface area contributed by atoms with Gasteiger partial charge >= 0.3 is 0 Å². The van der Waals surface area contributed by atoms with E-state index in [0.717, 1.165) is 0 Å². The van der Waals surface area contributed by atoms with Crippen molar-refractivity contribution in [1.29, 1.82) is 0 Å². The maximum atomic E-state index is 12.2. The van der Waals surface area contributed by atoms with Crippen LogP contribution in [-0.4, -0.2) is 31.2 Å². The van der Waals surface area contributed by atoms with Gasteiger partial charge in [-0.15, -0.1) is 10.2 Å². The molecule has 0 aliphatic rings. The van der Waals surface area contributed by atoms with Crippen molar-refractivity contribution < 1.29 is 9.32 Å². The molecule has 0 fully saturated rings. The third-order valence-corrected chi connectivity index (χ3v) is 4.70. The van der Waals surface area contributed by atoms with E-state index in [2.05, 4.69) is 20.7 Å². The van der Waals surface area contributed by atoms with Crippen molar-refractivity contribution in [3.8, 4) is 11.4 Å². The molecule has 0 bridgehead atoms. The molecule has 0 unspecified atom stereocenters. The minimum atomic E-state index is -0.470. The maximum Gasteiger partial charge on any atom is 0.238 e. The maximum absolute atomic E-state index is 12.2. The molecule has 2 aromatic heterocycles. The fourth-order valence-corrected chi connectivity index (χ4v) is 3.04. The summed E-state index contributed by atoms with van der Waals surface area (Å²) < 4.78 is 6.23. The standard InChI is InChI=1S/C15H15ClN6O2S/c1-8-7-12(21-24-8)18-14(23)9(2)25-15-20-19-13(22(15)17)10-5-3-4-6-11(10)16/h3-7,9H,17H2,1-2H3,(H,18,21,23)/t9-/m0/s1. The Morgan fingerprint density at radius 3 is 2.84 bits per heavy atom. The van der Waals surface area contributed by atoms with Crippen LogP contribution in [0.25, 0.3) is 11.4 Å². The highest BCUT2D eigenvalue weighted by Gasteiger charge is 2.21. The number of anilines is 1. The van der Waals surface area contributed by atoms with Crippen LogP contribution in [0.1, 0.15) is 12.7 Å². The van der Waals surface area contributed by atoms with Gasteiger partial charge in [-0.05, 0) is 26.0 Å². The first-order valence-electron chi connectivity index (χ1n) is 7.32. The van der Waals surface area contributed by atoms with Crippen LogP contribution in [0.5, 0.6) is 0 Å². The highest BCUT2D eigenvalue weighted by Crippen LogP contribution is 2.29. The lowest BCUT2D eigenvalue weighted by molar-refractivity contribution is -0.115. The Hall–Kier alpha value is -2.52. The highest BCUT2D eigenvalue weighted by atomic mass is 35.5. The van der Waals surface area contributed by atoms with E-state index in [1.165, 1.54) is 16.4 Å². The minimum absolute atomic E-state index is 0.249. The van der Waals surface area contributed by atoms with E-state index in [1.807, 2.05) is 12.1 Å².